The molecule has 1 N–H and O–H groups in total. The van der Waals surface area contributed by atoms with Gasteiger partial charge in [-0.1, -0.05) is 24.3 Å². The van der Waals surface area contributed by atoms with E-state index in [-0.39, 0.29) is 18.8 Å². The van der Waals surface area contributed by atoms with Crippen LogP contribution in [-0.2, 0) is 14.3 Å². The Bertz CT molecular complexity index is 394. The van der Waals surface area contributed by atoms with E-state index >= 15 is 0 Å². The van der Waals surface area contributed by atoms with Gasteiger partial charge in [0.05, 0.1) is 27.6 Å². The summed E-state index contributed by atoms with van der Waals surface area (Å²) >= 11 is 0. The highest BCUT2D eigenvalue weighted by Gasteiger charge is 2.24. The van der Waals surface area contributed by atoms with Crippen molar-refractivity contribution in [1.29, 1.82) is 0 Å². The van der Waals surface area contributed by atoms with E-state index in [1.807, 2.05) is 46.3 Å². The standard InChI is InChI=1S/C17H29NO4/c1-5-6-7-8-9-10-11-12-17(21)22-15(13-16(19)20)14-18(2,3)4/h5-6,9-10,15H,7-8,11-14H2,1-4H3/p+1/b6-5+,10-9+. The van der Waals surface area contributed by atoms with Crippen LogP contribution in [0.1, 0.15) is 39.0 Å². The number of quaternary nitrogens is 1. The summed E-state index contributed by atoms with van der Waals surface area (Å²) in [6, 6.07) is 0. The molecule has 5 heteroatoms. The number of unbranched alkanes of at least 4 members (excludes halogenated alkanes) is 1. The number of likely N-dealkylation sites (N-methyl/N-ethyl adjacent to an activating group) is 1. The summed E-state index contributed by atoms with van der Waals surface area (Å²) in [7, 11) is 5.82. The lowest BCUT2D eigenvalue weighted by Crippen LogP contribution is -2.43. The lowest BCUT2D eigenvalue weighted by Gasteiger charge is -2.28. The zero-order valence-corrected chi connectivity index (χ0v) is 14.2. The van der Waals surface area contributed by atoms with Crippen LogP contribution in [0.15, 0.2) is 24.3 Å². The van der Waals surface area contributed by atoms with Crippen molar-refractivity contribution in [3.8, 4) is 0 Å². The Hall–Kier alpha value is -1.62. The first-order chi connectivity index (χ1) is 10.2. The van der Waals surface area contributed by atoms with E-state index in [9.17, 15) is 9.59 Å². The van der Waals surface area contributed by atoms with E-state index in [4.69, 9.17) is 9.84 Å². The van der Waals surface area contributed by atoms with Crippen LogP contribution in [0.3, 0.4) is 0 Å². The molecule has 0 aromatic carbocycles. The zero-order chi connectivity index (χ0) is 17.0. The fourth-order valence-corrected chi connectivity index (χ4v) is 1.99. The Morgan fingerprint density at radius 1 is 1.09 bits per heavy atom. The topological polar surface area (TPSA) is 63.6 Å². The first kappa shape index (κ1) is 20.4. The number of rotatable bonds is 11. The maximum Gasteiger partial charge on any atom is 0.307 e. The smallest absolute Gasteiger partial charge is 0.307 e. The summed E-state index contributed by atoms with van der Waals surface area (Å²) in [5, 5.41) is 8.90. The Morgan fingerprint density at radius 2 is 1.68 bits per heavy atom. The first-order valence-corrected chi connectivity index (χ1v) is 7.72. The van der Waals surface area contributed by atoms with Crippen molar-refractivity contribution in [1.82, 2.24) is 0 Å². The van der Waals surface area contributed by atoms with Crippen molar-refractivity contribution in [3.63, 3.8) is 0 Å². The van der Waals surface area contributed by atoms with Gasteiger partial charge in [-0.2, -0.15) is 0 Å². The van der Waals surface area contributed by atoms with E-state index in [0.717, 1.165) is 12.8 Å². The first-order valence-electron chi connectivity index (χ1n) is 7.72. The van der Waals surface area contributed by atoms with Crippen LogP contribution < -0.4 is 0 Å². The van der Waals surface area contributed by atoms with Crippen molar-refractivity contribution in [2.75, 3.05) is 27.7 Å². The highest BCUT2D eigenvalue weighted by atomic mass is 16.5. The molecule has 0 aliphatic carbocycles. The molecule has 0 saturated heterocycles. The second-order valence-electron chi connectivity index (χ2n) is 6.34. The quantitative estimate of drug-likeness (QED) is 0.276. The van der Waals surface area contributed by atoms with E-state index in [2.05, 4.69) is 6.08 Å². The number of carboxylic acids is 1. The number of allylic oxidation sites excluding steroid dienone is 4. The number of carboxylic acid groups (broad SMARTS) is 1. The summed E-state index contributed by atoms with van der Waals surface area (Å²) in [6.45, 7) is 2.47. The maximum atomic E-state index is 11.8. The Kier molecular flexibility index (Phi) is 10.2. The molecule has 0 fully saturated rings. The number of esters is 1. The molecule has 126 valence electrons. The summed E-state index contributed by atoms with van der Waals surface area (Å²) < 4.78 is 5.85. The molecule has 0 saturated carbocycles. The number of ether oxygens (including phenoxy) is 1. The highest BCUT2D eigenvalue weighted by Crippen LogP contribution is 2.08. The van der Waals surface area contributed by atoms with Crippen LogP contribution in [0.25, 0.3) is 0 Å². The molecular formula is C17H30NO4+. The molecule has 0 aliphatic rings. The molecule has 0 aliphatic heterocycles. The van der Waals surface area contributed by atoms with Crippen molar-refractivity contribution in [3.05, 3.63) is 24.3 Å². The second kappa shape index (κ2) is 11.0. The van der Waals surface area contributed by atoms with E-state index in [1.165, 1.54) is 0 Å². The molecule has 5 nitrogen and oxygen atoms in total. The van der Waals surface area contributed by atoms with Gasteiger partial charge in [0.1, 0.15) is 6.54 Å². The van der Waals surface area contributed by atoms with Gasteiger partial charge < -0.3 is 14.3 Å². The molecule has 0 amide bonds. The third kappa shape index (κ3) is 13.4. The Balaban J connectivity index is 4.14. The zero-order valence-electron chi connectivity index (χ0n) is 14.2. The lowest BCUT2D eigenvalue weighted by molar-refractivity contribution is -0.873. The third-order valence-electron chi connectivity index (χ3n) is 2.87. The SMILES string of the molecule is C/C=C/CC/C=C/CCC(=O)OC(CC(=O)O)C[N+](C)(C)C. The normalized spacial score (nSPS) is 13.6. The molecule has 1 unspecified atom stereocenters. The summed E-state index contributed by atoms with van der Waals surface area (Å²) in [6.07, 6.45) is 10.3. The van der Waals surface area contributed by atoms with Gasteiger partial charge in [-0.15, -0.1) is 0 Å². The van der Waals surface area contributed by atoms with Crippen LogP contribution in [-0.4, -0.2) is 55.3 Å². The number of carbonyl (C=O) groups excluding carboxylic acids is 1. The van der Waals surface area contributed by atoms with Crippen molar-refractivity contribution >= 4 is 11.9 Å². The third-order valence-corrected chi connectivity index (χ3v) is 2.87. The molecule has 0 spiro atoms. The molecular weight excluding hydrogens is 282 g/mol. The van der Waals surface area contributed by atoms with Crippen molar-refractivity contribution < 1.29 is 23.9 Å². The molecule has 0 heterocycles. The predicted octanol–water partition coefficient (Wildman–Crippen LogP) is 2.77. The summed E-state index contributed by atoms with van der Waals surface area (Å²) in [5.41, 5.74) is 0. The molecule has 1 atom stereocenters. The molecule has 22 heavy (non-hydrogen) atoms. The van der Waals surface area contributed by atoms with Gasteiger partial charge >= 0.3 is 11.9 Å². The van der Waals surface area contributed by atoms with Crippen LogP contribution in [0, 0.1) is 0 Å². The Morgan fingerprint density at radius 3 is 2.23 bits per heavy atom. The van der Waals surface area contributed by atoms with Gasteiger partial charge in [0.2, 0.25) is 0 Å². The minimum atomic E-state index is -0.949. The number of hydrogen-bond donors (Lipinski definition) is 1. The number of aliphatic carboxylic acids is 1. The van der Waals surface area contributed by atoms with Crippen LogP contribution in [0.4, 0.5) is 0 Å². The maximum absolute atomic E-state index is 11.8. The van der Waals surface area contributed by atoms with Crippen LogP contribution >= 0.6 is 0 Å². The van der Waals surface area contributed by atoms with Gasteiger partial charge in [0.15, 0.2) is 6.10 Å². The average molecular weight is 312 g/mol. The van der Waals surface area contributed by atoms with E-state index < -0.39 is 12.1 Å². The fraction of sp³-hybridized carbons (Fsp3) is 0.647. The number of carbonyl (C=O) groups is 2. The number of hydrogen-bond acceptors (Lipinski definition) is 3. The summed E-state index contributed by atoms with van der Waals surface area (Å²) in [4.78, 5) is 22.6. The van der Waals surface area contributed by atoms with E-state index in [1.54, 1.807) is 0 Å². The molecule has 0 aromatic heterocycles. The second-order valence-corrected chi connectivity index (χ2v) is 6.34. The summed E-state index contributed by atoms with van der Waals surface area (Å²) in [5.74, 6) is -1.28. The number of nitrogens with zero attached hydrogens (tertiary/aromatic N) is 1. The molecule has 0 bridgehead atoms. The molecule has 0 aromatic rings. The highest BCUT2D eigenvalue weighted by molar-refractivity contribution is 5.71. The average Bonchev–Trinajstić information content (AvgIpc) is 2.34. The minimum Gasteiger partial charge on any atom is -0.481 e. The molecule has 0 rings (SSSR count). The minimum absolute atomic E-state index is 0.152. The van der Waals surface area contributed by atoms with Gasteiger partial charge in [0.25, 0.3) is 0 Å². The van der Waals surface area contributed by atoms with E-state index in [0.29, 0.717) is 17.4 Å². The van der Waals surface area contributed by atoms with Crippen molar-refractivity contribution in [2.45, 2.75) is 45.1 Å². The largest absolute Gasteiger partial charge is 0.481 e. The Labute approximate surface area is 133 Å². The fourth-order valence-electron chi connectivity index (χ4n) is 1.99. The lowest BCUT2D eigenvalue weighted by atomic mass is 10.2. The van der Waals surface area contributed by atoms with Crippen LogP contribution in [0.5, 0.6) is 0 Å². The monoisotopic (exact) mass is 312 g/mol. The van der Waals surface area contributed by atoms with Gasteiger partial charge in [0, 0.05) is 6.42 Å². The van der Waals surface area contributed by atoms with Gasteiger partial charge in [-0.25, -0.2) is 0 Å². The van der Waals surface area contributed by atoms with Crippen molar-refractivity contribution in [2.24, 2.45) is 0 Å². The van der Waals surface area contributed by atoms with Gasteiger partial charge in [-0.3, -0.25) is 9.59 Å². The van der Waals surface area contributed by atoms with Crippen LogP contribution in [0.2, 0.25) is 0 Å². The molecule has 0 radical (unpaired) electrons. The van der Waals surface area contributed by atoms with Gasteiger partial charge in [-0.05, 0) is 26.2 Å². The predicted molar refractivity (Wildman–Crippen MR) is 87.5 cm³/mol.